The van der Waals surface area contributed by atoms with Gasteiger partial charge in [0, 0.05) is 23.6 Å². The molecule has 3 N–H and O–H groups in total. The second-order valence-corrected chi connectivity index (χ2v) is 5.24. The molecule has 0 bridgehead atoms. The van der Waals surface area contributed by atoms with E-state index in [0.717, 1.165) is 6.07 Å². The molecule has 1 aromatic carbocycles. The molecule has 0 aromatic heterocycles. The Hall–Kier alpha value is -0.230. The number of aliphatic hydroxyl groups is 1. The molecule has 0 fully saturated rings. The van der Waals surface area contributed by atoms with Crippen LogP contribution in [0.2, 0.25) is 0 Å². The Bertz CT molecular complexity index is 401. The summed E-state index contributed by atoms with van der Waals surface area (Å²) in [5, 5.41) is 9.14. The number of hydrogen-bond acceptors (Lipinski definition) is 2. The number of hydrogen-bond donors (Lipinski definition) is 2. The second-order valence-electron chi connectivity index (χ2n) is 4.38. The first-order valence-electron chi connectivity index (χ1n) is 4.81. The molecule has 0 heterocycles. The Morgan fingerprint density at radius 1 is 1.41 bits per heavy atom. The third kappa shape index (κ3) is 3.37. The number of rotatable bonds is 3. The van der Waals surface area contributed by atoms with Crippen molar-refractivity contribution in [3.63, 3.8) is 0 Å². The highest BCUT2D eigenvalue weighted by molar-refractivity contribution is 9.10. The molecule has 0 saturated carbocycles. The fourth-order valence-corrected chi connectivity index (χ4v) is 1.66. The van der Waals surface area contributed by atoms with Gasteiger partial charge >= 0.3 is 0 Å². The van der Waals surface area contributed by atoms with E-state index in [-0.39, 0.29) is 29.1 Å². The van der Waals surface area contributed by atoms with E-state index >= 15 is 0 Å². The van der Waals surface area contributed by atoms with Gasteiger partial charge in [-0.05, 0) is 28.1 Å². The van der Waals surface area contributed by atoms with Gasteiger partial charge in [0.1, 0.15) is 11.6 Å². The van der Waals surface area contributed by atoms with Crippen molar-refractivity contribution in [1.82, 2.24) is 0 Å². The van der Waals surface area contributed by atoms with E-state index in [1.807, 2.05) is 0 Å². The van der Waals surface area contributed by atoms with Gasteiger partial charge in [0.25, 0.3) is 0 Å². The van der Waals surface area contributed by atoms with Crippen LogP contribution in [0.3, 0.4) is 0 Å². The van der Waals surface area contributed by atoms with Gasteiger partial charge in [-0.2, -0.15) is 0 Å². The van der Waals surface area contributed by atoms with Crippen LogP contribution in [-0.4, -0.2) is 11.7 Å². The maximum absolute atomic E-state index is 13.7. The van der Waals surface area contributed by atoms with Crippen molar-refractivity contribution in [3.8, 4) is 0 Å². The largest absolute Gasteiger partial charge is 0.396 e. The van der Waals surface area contributed by atoms with Gasteiger partial charge in [-0.25, -0.2) is 8.78 Å². The van der Waals surface area contributed by atoms with Crippen molar-refractivity contribution in [2.45, 2.75) is 19.9 Å². The third-order valence-electron chi connectivity index (χ3n) is 2.64. The Labute approximate surface area is 114 Å². The molecule has 1 aromatic rings. The first kappa shape index (κ1) is 16.8. The predicted molar refractivity (Wildman–Crippen MR) is 69.1 cm³/mol. The molecular weight excluding hydrogens is 315 g/mol. The fourth-order valence-electron chi connectivity index (χ4n) is 1.32. The van der Waals surface area contributed by atoms with Crippen molar-refractivity contribution >= 4 is 28.3 Å². The van der Waals surface area contributed by atoms with Crippen LogP contribution in [0.4, 0.5) is 8.78 Å². The highest BCUT2D eigenvalue weighted by Crippen LogP contribution is 2.35. The number of nitrogens with two attached hydrogens (primary N) is 1. The summed E-state index contributed by atoms with van der Waals surface area (Å²) in [6, 6.07) is 1.53. The van der Waals surface area contributed by atoms with Crippen molar-refractivity contribution in [1.29, 1.82) is 0 Å². The van der Waals surface area contributed by atoms with Gasteiger partial charge in [-0.1, -0.05) is 13.8 Å². The Morgan fingerprint density at radius 3 is 2.41 bits per heavy atom. The first-order chi connectivity index (χ1) is 7.31. The van der Waals surface area contributed by atoms with E-state index in [9.17, 15) is 8.78 Å². The Balaban J connectivity index is 0.00000256. The molecule has 17 heavy (non-hydrogen) atoms. The Morgan fingerprint density at radius 2 is 1.94 bits per heavy atom. The molecule has 0 radical (unpaired) electrons. The molecule has 0 amide bonds. The Kier molecular flexibility index (Phi) is 6.01. The lowest BCUT2D eigenvalue weighted by Gasteiger charge is -2.30. The molecule has 0 aliphatic carbocycles. The molecule has 0 unspecified atom stereocenters. The van der Waals surface area contributed by atoms with Crippen LogP contribution < -0.4 is 5.73 Å². The van der Waals surface area contributed by atoms with Gasteiger partial charge in [0.2, 0.25) is 0 Å². The van der Waals surface area contributed by atoms with E-state index in [0.29, 0.717) is 0 Å². The molecule has 0 aliphatic rings. The maximum Gasteiger partial charge on any atom is 0.145 e. The zero-order valence-electron chi connectivity index (χ0n) is 9.51. The lowest BCUT2D eigenvalue weighted by atomic mass is 9.81. The average molecular weight is 331 g/mol. The number of aliphatic hydroxyl groups excluding tert-OH is 1. The van der Waals surface area contributed by atoms with E-state index in [4.69, 9.17) is 10.8 Å². The van der Waals surface area contributed by atoms with E-state index in [2.05, 4.69) is 15.9 Å². The van der Waals surface area contributed by atoms with Crippen LogP contribution >= 0.6 is 28.3 Å². The highest BCUT2D eigenvalue weighted by Gasteiger charge is 2.31. The fraction of sp³-hybridized carbons (Fsp3) is 0.455. The monoisotopic (exact) mass is 329 g/mol. The predicted octanol–water partition coefficient (Wildman–Crippen LogP) is 3.17. The van der Waals surface area contributed by atoms with Crippen LogP contribution in [0.25, 0.3) is 0 Å². The van der Waals surface area contributed by atoms with Crippen molar-refractivity contribution in [3.05, 3.63) is 33.8 Å². The molecule has 98 valence electrons. The molecule has 6 heteroatoms. The summed E-state index contributed by atoms with van der Waals surface area (Å²) in [5.41, 5.74) is 4.80. The van der Waals surface area contributed by atoms with Gasteiger partial charge < -0.3 is 10.8 Å². The molecule has 1 atom stereocenters. The quantitative estimate of drug-likeness (QED) is 0.836. The van der Waals surface area contributed by atoms with E-state index < -0.39 is 23.1 Å². The van der Waals surface area contributed by atoms with Crippen molar-refractivity contribution in [2.24, 2.45) is 11.1 Å². The molecule has 0 spiro atoms. The number of halogens is 4. The van der Waals surface area contributed by atoms with Crippen LogP contribution in [0, 0.1) is 17.0 Å². The minimum Gasteiger partial charge on any atom is -0.396 e. The molecule has 0 saturated heterocycles. The summed E-state index contributed by atoms with van der Waals surface area (Å²) in [4.78, 5) is 0. The first-order valence-corrected chi connectivity index (χ1v) is 5.60. The van der Waals surface area contributed by atoms with Gasteiger partial charge in [0.05, 0.1) is 4.47 Å². The van der Waals surface area contributed by atoms with Crippen molar-refractivity contribution < 1.29 is 13.9 Å². The summed E-state index contributed by atoms with van der Waals surface area (Å²) < 4.78 is 27.4. The topological polar surface area (TPSA) is 46.2 Å². The smallest absolute Gasteiger partial charge is 0.145 e. The molecular formula is C11H15BrClF2NO. The maximum atomic E-state index is 13.7. The molecule has 0 aliphatic heterocycles. The zero-order chi connectivity index (χ0) is 12.5. The van der Waals surface area contributed by atoms with Crippen LogP contribution in [0.1, 0.15) is 25.5 Å². The zero-order valence-corrected chi connectivity index (χ0v) is 11.9. The normalized spacial score (nSPS) is 13.1. The SMILES string of the molecule is CC(C)(CO)[C@H](N)c1c(F)ccc(Br)c1F.Cl. The van der Waals surface area contributed by atoms with Crippen LogP contribution in [0.15, 0.2) is 16.6 Å². The van der Waals surface area contributed by atoms with Gasteiger partial charge in [-0.3, -0.25) is 0 Å². The summed E-state index contributed by atoms with van der Waals surface area (Å²) in [6.45, 7) is 3.05. The van der Waals surface area contributed by atoms with E-state index in [1.165, 1.54) is 6.07 Å². The van der Waals surface area contributed by atoms with Crippen LogP contribution in [-0.2, 0) is 0 Å². The van der Waals surface area contributed by atoms with Gasteiger partial charge in [0.15, 0.2) is 0 Å². The summed E-state index contributed by atoms with van der Waals surface area (Å²) >= 11 is 2.98. The minimum absolute atomic E-state index is 0. The average Bonchev–Trinajstić information content (AvgIpc) is 2.24. The summed E-state index contributed by atoms with van der Waals surface area (Å²) in [7, 11) is 0. The minimum atomic E-state index is -0.907. The highest BCUT2D eigenvalue weighted by atomic mass is 79.9. The standard InChI is InChI=1S/C11H14BrF2NO.ClH/c1-11(2,5-16)10(15)8-7(13)4-3-6(12)9(8)14;/h3-4,10,16H,5,15H2,1-2H3;1H/t10-;/m1./s1. The van der Waals surface area contributed by atoms with E-state index in [1.54, 1.807) is 13.8 Å². The lowest BCUT2D eigenvalue weighted by molar-refractivity contribution is 0.129. The van der Waals surface area contributed by atoms with Crippen molar-refractivity contribution in [2.75, 3.05) is 6.61 Å². The second kappa shape index (κ2) is 6.09. The lowest BCUT2D eigenvalue weighted by Crippen LogP contribution is -2.33. The number of benzene rings is 1. The van der Waals surface area contributed by atoms with Gasteiger partial charge in [-0.15, -0.1) is 12.4 Å². The summed E-state index contributed by atoms with van der Waals surface area (Å²) in [6.07, 6.45) is 0. The summed E-state index contributed by atoms with van der Waals surface area (Å²) in [5.74, 6) is -1.41. The molecule has 1 rings (SSSR count). The van der Waals surface area contributed by atoms with Crippen LogP contribution in [0.5, 0.6) is 0 Å². The molecule has 2 nitrogen and oxygen atoms in total. The third-order valence-corrected chi connectivity index (χ3v) is 3.25.